The summed E-state index contributed by atoms with van der Waals surface area (Å²) in [6, 6.07) is 15.0. The van der Waals surface area contributed by atoms with E-state index in [2.05, 4.69) is 48.5 Å². The van der Waals surface area contributed by atoms with Crippen LogP contribution >= 0.6 is 0 Å². The third-order valence-corrected chi connectivity index (χ3v) is 4.67. The minimum atomic E-state index is -0.461. The van der Waals surface area contributed by atoms with Gasteiger partial charge in [-0.05, 0) is 29.5 Å². The Morgan fingerprint density at radius 2 is 1.64 bits per heavy atom. The molecule has 0 unspecified atom stereocenters. The van der Waals surface area contributed by atoms with Gasteiger partial charge < -0.3 is 0 Å². The van der Waals surface area contributed by atoms with Crippen molar-refractivity contribution in [1.29, 1.82) is 0 Å². The molecule has 2 aromatic carbocycles. The zero-order chi connectivity index (χ0) is 20.5. The van der Waals surface area contributed by atoms with Gasteiger partial charge in [-0.1, -0.05) is 63.2 Å². The number of aryl methyl sites for hydroxylation is 1. The number of hydrogen-bond acceptors (Lipinski definition) is 4. The predicted molar refractivity (Wildman–Crippen MR) is 112 cm³/mol. The first kappa shape index (κ1) is 19.5. The minimum Gasteiger partial charge on any atom is -0.267 e. The number of nitrogens with zero attached hydrogens (tertiary/aromatic N) is 3. The third kappa shape index (κ3) is 3.86. The van der Waals surface area contributed by atoms with Crippen LogP contribution in [0.3, 0.4) is 0 Å². The van der Waals surface area contributed by atoms with Gasteiger partial charge in [0.2, 0.25) is 0 Å². The van der Waals surface area contributed by atoms with Gasteiger partial charge in [0.15, 0.2) is 5.69 Å². The normalized spacial score (nSPS) is 12.2. The van der Waals surface area contributed by atoms with E-state index in [9.17, 15) is 9.59 Å². The number of rotatable bonds is 3. The molecule has 28 heavy (non-hydrogen) atoms. The number of carbonyl (C=O) groups is 1. The third-order valence-electron chi connectivity index (χ3n) is 4.67. The molecular formula is C22H24N4O2. The summed E-state index contributed by atoms with van der Waals surface area (Å²) in [5, 5.41) is 9.28. The topological polar surface area (TPSA) is 76.3 Å². The van der Waals surface area contributed by atoms with E-state index in [1.54, 1.807) is 24.3 Å². The van der Waals surface area contributed by atoms with E-state index < -0.39 is 5.91 Å². The monoisotopic (exact) mass is 376 g/mol. The van der Waals surface area contributed by atoms with E-state index in [4.69, 9.17) is 0 Å². The lowest BCUT2D eigenvalue weighted by Crippen LogP contribution is -2.27. The summed E-state index contributed by atoms with van der Waals surface area (Å²) in [6.07, 6.45) is 0. The van der Waals surface area contributed by atoms with E-state index in [0.29, 0.717) is 16.5 Å². The Morgan fingerprint density at radius 1 is 1.04 bits per heavy atom. The SMILES string of the molecule is C/C(=N/NC(=O)c1nn(C)c(=O)c2ccccc12)c1ccc(C(C)(C)C)cc1. The molecule has 0 aliphatic heterocycles. The summed E-state index contributed by atoms with van der Waals surface area (Å²) in [4.78, 5) is 24.8. The maximum atomic E-state index is 12.6. The van der Waals surface area contributed by atoms with Crippen LogP contribution in [0.25, 0.3) is 10.8 Å². The van der Waals surface area contributed by atoms with Gasteiger partial charge in [0, 0.05) is 12.4 Å². The summed E-state index contributed by atoms with van der Waals surface area (Å²) in [6.45, 7) is 8.31. The van der Waals surface area contributed by atoms with Crippen molar-refractivity contribution in [3.05, 3.63) is 75.7 Å². The van der Waals surface area contributed by atoms with E-state index in [-0.39, 0.29) is 16.7 Å². The van der Waals surface area contributed by atoms with E-state index >= 15 is 0 Å². The number of aromatic nitrogens is 2. The summed E-state index contributed by atoms with van der Waals surface area (Å²) in [5.74, 6) is -0.461. The fourth-order valence-electron chi connectivity index (χ4n) is 2.93. The molecule has 0 aliphatic carbocycles. The molecule has 3 rings (SSSR count). The maximum absolute atomic E-state index is 12.6. The molecule has 0 saturated carbocycles. The quantitative estimate of drug-likeness (QED) is 0.562. The van der Waals surface area contributed by atoms with Crippen molar-refractivity contribution in [3.8, 4) is 0 Å². The van der Waals surface area contributed by atoms with E-state index in [1.807, 2.05) is 19.1 Å². The Kier molecular flexibility index (Phi) is 5.14. The lowest BCUT2D eigenvalue weighted by Gasteiger charge is -2.19. The zero-order valence-electron chi connectivity index (χ0n) is 16.8. The fourth-order valence-corrected chi connectivity index (χ4v) is 2.93. The molecule has 3 aromatic rings. The second-order valence-electron chi connectivity index (χ2n) is 7.79. The summed E-state index contributed by atoms with van der Waals surface area (Å²) >= 11 is 0. The Labute approximate surface area is 163 Å². The lowest BCUT2D eigenvalue weighted by atomic mass is 9.86. The number of carbonyl (C=O) groups excluding carboxylic acids is 1. The van der Waals surface area contributed by atoms with Crippen LogP contribution in [-0.4, -0.2) is 21.4 Å². The lowest BCUT2D eigenvalue weighted by molar-refractivity contribution is 0.0949. The Morgan fingerprint density at radius 3 is 2.25 bits per heavy atom. The molecule has 1 heterocycles. The highest BCUT2D eigenvalue weighted by Crippen LogP contribution is 2.22. The predicted octanol–water partition coefficient (Wildman–Crippen LogP) is 3.39. The fraction of sp³-hybridized carbons (Fsp3) is 0.273. The maximum Gasteiger partial charge on any atom is 0.292 e. The Balaban J connectivity index is 1.87. The molecule has 0 fully saturated rings. The van der Waals surface area contributed by atoms with Gasteiger partial charge in [-0.15, -0.1) is 0 Å². The highest BCUT2D eigenvalue weighted by molar-refractivity contribution is 6.06. The molecular weight excluding hydrogens is 352 g/mol. The van der Waals surface area contributed by atoms with Crippen LogP contribution in [0.2, 0.25) is 0 Å². The molecule has 0 spiro atoms. The van der Waals surface area contributed by atoms with Crippen LogP contribution in [0.15, 0.2) is 58.4 Å². The van der Waals surface area contributed by atoms with Gasteiger partial charge in [-0.25, -0.2) is 10.1 Å². The van der Waals surface area contributed by atoms with E-state index in [1.165, 1.54) is 17.3 Å². The van der Waals surface area contributed by atoms with Gasteiger partial charge in [0.05, 0.1) is 11.1 Å². The van der Waals surface area contributed by atoms with Crippen LogP contribution < -0.4 is 11.0 Å². The van der Waals surface area contributed by atoms with Gasteiger partial charge in [-0.3, -0.25) is 9.59 Å². The highest BCUT2D eigenvalue weighted by Gasteiger charge is 2.16. The first-order valence-corrected chi connectivity index (χ1v) is 9.10. The van der Waals surface area contributed by atoms with Crippen molar-refractivity contribution >= 4 is 22.4 Å². The van der Waals surface area contributed by atoms with Crippen molar-refractivity contribution in [2.75, 3.05) is 0 Å². The second-order valence-corrected chi connectivity index (χ2v) is 7.79. The number of amides is 1. The molecule has 6 nitrogen and oxygen atoms in total. The van der Waals surface area contributed by atoms with Crippen LogP contribution in [0.1, 0.15) is 49.3 Å². The Bertz CT molecular complexity index is 1120. The standard InChI is InChI=1S/C22H24N4O2/c1-14(15-10-12-16(13-11-15)22(2,3)4)23-24-20(27)19-17-8-6-7-9-18(17)21(28)26(5)25-19/h6-13H,1-5H3,(H,24,27)/b23-14-. The average molecular weight is 376 g/mol. The van der Waals surface area contributed by atoms with Crippen molar-refractivity contribution < 1.29 is 4.79 Å². The molecule has 0 atom stereocenters. The van der Waals surface area contributed by atoms with Crippen molar-refractivity contribution in [1.82, 2.24) is 15.2 Å². The van der Waals surface area contributed by atoms with Gasteiger partial charge in [0.25, 0.3) is 11.5 Å². The number of hydrogen-bond donors (Lipinski definition) is 1. The number of fused-ring (bicyclic) bond motifs is 1. The Hall–Kier alpha value is -3.28. The van der Waals surface area contributed by atoms with Crippen molar-refractivity contribution in [2.45, 2.75) is 33.1 Å². The van der Waals surface area contributed by atoms with Crippen molar-refractivity contribution in [3.63, 3.8) is 0 Å². The molecule has 6 heteroatoms. The van der Waals surface area contributed by atoms with Gasteiger partial charge >= 0.3 is 0 Å². The molecule has 0 radical (unpaired) electrons. The number of hydrazone groups is 1. The van der Waals surface area contributed by atoms with Crippen LogP contribution in [-0.2, 0) is 12.5 Å². The molecule has 0 saturated heterocycles. The molecule has 1 N–H and O–H groups in total. The molecule has 0 aliphatic rings. The second kappa shape index (κ2) is 7.38. The first-order chi connectivity index (χ1) is 13.2. The van der Waals surface area contributed by atoms with Gasteiger partial charge in [-0.2, -0.15) is 10.2 Å². The highest BCUT2D eigenvalue weighted by atomic mass is 16.2. The van der Waals surface area contributed by atoms with Crippen LogP contribution in [0, 0.1) is 0 Å². The van der Waals surface area contributed by atoms with Gasteiger partial charge in [0.1, 0.15) is 0 Å². The average Bonchev–Trinajstić information content (AvgIpc) is 2.68. The van der Waals surface area contributed by atoms with Crippen LogP contribution in [0.4, 0.5) is 0 Å². The summed E-state index contributed by atoms with van der Waals surface area (Å²) in [7, 11) is 1.52. The largest absolute Gasteiger partial charge is 0.292 e. The smallest absolute Gasteiger partial charge is 0.267 e. The number of nitrogens with one attached hydrogen (secondary N) is 1. The summed E-state index contributed by atoms with van der Waals surface area (Å²) in [5.41, 5.74) is 5.39. The number of benzene rings is 2. The summed E-state index contributed by atoms with van der Waals surface area (Å²) < 4.78 is 1.17. The molecule has 144 valence electrons. The minimum absolute atomic E-state index is 0.0772. The first-order valence-electron chi connectivity index (χ1n) is 9.10. The van der Waals surface area contributed by atoms with Crippen molar-refractivity contribution in [2.24, 2.45) is 12.1 Å². The molecule has 1 aromatic heterocycles. The zero-order valence-corrected chi connectivity index (χ0v) is 16.8. The molecule has 1 amide bonds. The van der Waals surface area contributed by atoms with Crippen LogP contribution in [0.5, 0.6) is 0 Å². The van der Waals surface area contributed by atoms with E-state index in [0.717, 1.165) is 5.56 Å². The molecule has 0 bridgehead atoms.